The van der Waals surface area contributed by atoms with E-state index in [1.165, 1.54) is 5.56 Å². The minimum absolute atomic E-state index is 0.559. The Balaban J connectivity index is 3.07. The number of aryl methyl sites for hydroxylation is 1. The third-order valence-corrected chi connectivity index (χ3v) is 1.84. The molecule has 1 aromatic rings. The lowest BCUT2D eigenvalue weighted by molar-refractivity contribution is 0.847. The van der Waals surface area contributed by atoms with Crippen LogP contribution in [0.4, 0.5) is 0 Å². The molecule has 0 aromatic carbocycles. The van der Waals surface area contributed by atoms with Gasteiger partial charge in [0.15, 0.2) is 0 Å². The van der Waals surface area contributed by atoms with E-state index >= 15 is 0 Å². The smallest absolute Gasteiger partial charge is 0.0917 e. The number of hydrogen-bond donors (Lipinski definition) is 0. The molecule has 0 aliphatic rings. The molecule has 0 amide bonds. The van der Waals surface area contributed by atoms with E-state index < -0.39 is 0 Å². The zero-order valence-electron chi connectivity index (χ0n) is 7.26. The van der Waals surface area contributed by atoms with Gasteiger partial charge in [-0.2, -0.15) is 0 Å². The van der Waals surface area contributed by atoms with Crippen molar-refractivity contribution in [3.05, 3.63) is 23.5 Å². The summed E-state index contributed by atoms with van der Waals surface area (Å²) in [5.74, 6) is 3.19. The van der Waals surface area contributed by atoms with E-state index in [9.17, 15) is 0 Å². The number of hydrogen-bond acceptors (Lipinski definition) is 0. The van der Waals surface area contributed by atoms with Crippen LogP contribution in [0.2, 0.25) is 0 Å². The predicted molar refractivity (Wildman–Crippen MR) is 47.4 cm³/mol. The summed E-state index contributed by atoms with van der Waals surface area (Å²) in [5, 5.41) is 0. The summed E-state index contributed by atoms with van der Waals surface area (Å²) in [6.07, 6.45) is 7.38. The van der Waals surface area contributed by atoms with Crippen LogP contribution in [0.3, 0.4) is 0 Å². The first kappa shape index (κ1) is 7.94. The first-order valence-corrected chi connectivity index (χ1v) is 3.78. The molecule has 1 heterocycles. The second kappa shape index (κ2) is 2.84. The quantitative estimate of drug-likeness (QED) is 0.536. The van der Waals surface area contributed by atoms with Gasteiger partial charge in [0.05, 0.1) is 5.69 Å². The summed E-state index contributed by atoms with van der Waals surface area (Å²) < 4.78 is 1.98. The predicted octanol–water partition coefficient (Wildman–Crippen LogP) is 2.13. The fourth-order valence-corrected chi connectivity index (χ4v) is 1.05. The average molecular weight is 147 g/mol. The molecule has 0 aliphatic carbocycles. The van der Waals surface area contributed by atoms with Crippen molar-refractivity contribution in [3.8, 4) is 12.3 Å². The van der Waals surface area contributed by atoms with Crippen LogP contribution in [0.15, 0.2) is 12.3 Å². The van der Waals surface area contributed by atoms with Crippen LogP contribution in [-0.4, -0.2) is 4.57 Å². The van der Waals surface area contributed by atoms with Crippen LogP contribution in [-0.2, 0) is 7.05 Å². The number of nitrogens with zero attached hydrogens (tertiary/aromatic N) is 1. The molecule has 58 valence electrons. The Morgan fingerprint density at radius 3 is 2.45 bits per heavy atom. The van der Waals surface area contributed by atoms with E-state index in [1.807, 2.05) is 11.6 Å². The monoisotopic (exact) mass is 147 g/mol. The summed E-state index contributed by atoms with van der Waals surface area (Å²) in [7, 11) is 1.97. The molecule has 0 saturated heterocycles. The molecule has 0 bridgehead atoms. The number of aromatic nitrogens is 1. The summed E-state index contributed by atoms with van der Waals surface area (Å²) in [6.45, 7) is 4.32. The van der Waals surface area contributed by atoms with E-state index in [4.69, 9.17) is 6.42 Å². The topological polar surface area (TPSA) is 4.93 Å². The molecule has 0 radical (unpaired) electrons. The number of rotatable bonds is 1. The molecular weight excluding hydrogens is 134 g/mol. The highest BCUT2D eigenvalue weighted by molar-refractivity contribution is 5.32. The Bertz CT molecular complexity index is 286. The molecule has 0 atom stereocenters. The van der Waals surface area contributed by atoms with Gasteiger partial charge in [0.1, 0.15) is 0 Å². The van der Waals surface area contributed by atoms with Gasteiger partial charge in [-0.15, -0.1) is 6.42 Å². The maximum Gasteiger partial charge on any atom is 0.0917 e. The van der Waals surface area contributed by atoms with Crippen LogP contribution in [0.25, 0.3) is 0 Å². The normalized spacial score (nSPS) is 10.1. The largest absolute Gasteiger partial charge is 0.344 e. The van der Waals surface area contributed by atoms with Crippen molar-refractivity contribution in [3.63, 3.8) is 0 Å². The van der Waals surface area contributed by atoms with Crippen LogP contribution < -0.4 is 0 Å². The lowest BCUT2D eigenvalue weighted by atomic mass is 10.1. The van der Waals surface area contributed by atoms with Crippen molar-refractivity contribution in [2.75, 3.05) is 0 Å². The van der Waals surface area contributed by atoms with Gasteiger partial charge in [0.2, 0.25) is 0 Å². The molecule has 0 saturated carbocycles. The third-order valence-electron chi connectivity index (χ3n) is 1.84. The Hall–Kier alpha value is -1.16. The lowest BCUT2D eigenvalue weighted by Gasteiger charge is -1.97. The Morgan fingerprint density at radius 1 is 1.55 bits per heavy atom. The second-order valence-electron chi connectivity index (χ2n) is 3.07. The van der Waals surface area contributed by atoms with E-state index in [0.29, 0.717) is 5.92 Å². The average Bonchev–Trinajstić information content (AvgIpc) is 2.31. The Kier molecular flexibility index (Phi) is 2.05. The van der Waals surface area contributed by atoms with Gasteiger partial charge in [0.25, 0.3) is 0 Å². The highest BCUT2D eigenvalue weighted by atomic mass is 14.9. The molecule has 0 fully saturated rings. The SMILES string of the molecule is C#Cc1cc(C(C)C)cn1C. The van der Waals surface area contributed by atoms with Crippen molar-refractivity contribution in [2.45, 2.75) is 19.8 Å². The van der Waals surface area contributed by atoms with Crippen LogP contribution in [0.1, 0.15) is 31.0 Å². The van der Waals surface area contributed by atoms with Gasteiger partial charge >= 0.3 is 0 Å². The van der Waals surface area contributed by atoms with Crippen molar-refractivity contribution in [1.82, 2.24) is 4.57 Å². The lowest BCUT2D eigenvalue weighted by Crippen LogP contribution is -1.87. The summed E-state index contributed by atoms with van der Waals surface area (Å²) >= 11 is 0. The molecule has 11 heavy (non-hydrogen) atoms. The molecule has 0 spiro atoms. The van der Waals surface area contributed by atoms with Gasteiger partial charge in [-0.05, 0) is 17.5 Å². The maximum atomic E-state index is 5.29. The summed E-state index contributed by atoms with van der Waals surface area (Å²) in [6, 6.07) is 2.06. The second-order valence-corrected chi connectivity index (χ2v) is 3.07. The van der Waals surface area contributed by atoms with Gasteiger partial charge in [-0.25, -0.2) is 0 Å². The van der Waals surface area contributed by atoms with E-state index in [0.717, 1.165) is 5.69 Å². The van der Waals surface area contributed by atoms with E-state index in [1.54, 1.807) is 0 Å². The standard InChI is InChI=1S/C10H13N/c1-5-10-6-9(8(2)3)7-11(10)4/h1,6-8H,2-4H3. The fourth-order valence-electron chi connectivity index (χ4n) is 1.05. The zero-order valence-corrected chi connectivity index (χ0v) is 7.26. The molecular formula is C10H13N. The van der Waals surface area contributed by atoms with Gasteiger partial charge < -0.3 is 4.57 Å². The molecule has 1 aromatic heterocycles. The van der Waals surface area contributed by atoms with Crippen LogP contribution in [0, 0.1) is 12.3 Å². The molecule has 0 N–H and O–H groups in total. The van der Waals surface area contributed by atoms with Crippen molar-refractivity contribution in [2.24, 2.45) is 7.05 Å². The van der Waals surface area contributed by atoms with Crippen molar-refractivity contribution < 1.29 is 0 Å². The Morgan fingerprint density at radius 2 is 2.18 bits per heavy atom. The molecule has 1 heteroatoms. The van der Waals surface area contributed by atoms with Crippen LogP contribution >= 0.6 is 0 Å². The summed E-state index contributed by atoms with van der Waals surface area (Å²) in [4.78, 5) is 0. The minimum atomic E-state index is 0.559. The van der Waals surface area contributed by atoms with Gasteiger partial charge in [-0.3, -0.25) is 0 Å². The highest BCUT2D eigenvalue weighted by Gasteiger charge is 2.03. The third kappa shape index (κ3) is 1.46. The first-order valence-electron chi connectivity index (χ1n) is 3.78. The molecule has 1 rings (SSSR count). The van der Waals surface area contributed by atoms with Gasteiger partial charge in [0, 0.05) is 13.2 Å². The highest BCUT2D eigenvalue weighted by Crippen LogP contribution is 2.16. The van der Waals surface area contributed by atoms with Crippen molar-refractivity contribution >= 4 is 0 Å². The molecule has 0 unspecified atom stereocenters. The summed E-state index contributed by atoms with van der Waals surface area (Å²) in [5.41, 5.74) is 2.26. The van der Waals surface area contributed by atoms with Crippen molar-refractivity contribution in [1.29, 1.82) is 0 Å². The fraction of sp³-hybridized carbons (Fsp3) is 0.400. The minimum Gasteiger partial charge on any atom is -0.344 e. The first-order chi connectivity index (χ1) is 5.15. The maximum absolute atomic E-state index is 5.29. The Labute approximate surface area is 68.0 Å². The van der Waals surface area contributed by atoms with Gasteiger partial charge in [-0.1, -0.05) is 19.8 Å². The van der Waals surface area contributed by atoms with E-state index in [-0.39, 0.29) is 0 Å². The van der Waals surface area contributed by atoms with Crippen LogP contribution in [0.5, 0.6) is 0 Å². The number of terminal acetylenes is 1. The molecule has 0 aliphatic heterocycles. The van der Waals surface area contributed by atoms with E-state index in [2.05, 4.69) is 32.0 Å². The zero-order chi connectivity index (χ0) is 8.43. The molecule has 1 nitrogen and oxygen atoms in total.